The lowest BCUT2D eigenvalue weighted by molar-refractivity contribution is 0.0943. The van der Waals surface area contributed by atoms with Gasteiger partial charge in [0.25, 0.3) is 5.91 Å². The first-order chi connectivity index (χ1) is 10.6. The maximum Gasteiger partial charge on any atom is 0.255 e. The van der Waals surface area contributed by atoms with Gasteiger partial charge in [0, 0.05) is 17.6 Å². The minimum atomic E-state index is -0.161. The third-order valence-electron chi connectivity index (χ3n) is 4.51. The van der Waals surface area contributed by atoms with E-state index in [9.17, 15) is 4.79 Å². The smallest absolute Gasteiger partial charge is 0.255 e. The lowest BCUT2D eigenvalue weighted by Crippen LogP contribution is -2.38. The Kier molecular flexibility index (Phi) is 4.89. The first-order valence-electron chi connectivity index (χ1n) is 8.13. The highest BCUT2D eigenvalue weighted by Crippen LogP contribution is 2.31. The van der Waals surface area contributed by atoms with Crippen LogP contribution in [0.2, 0.25) is 5.02 Å². The molecule has 0 heterocycles. The van der Waals surface area contributed by atoms with E-state index in [0.717, 1.165) is 12.8 Å². The number of halogens is 1. The van der Waals surface area contributed by atoms with Crippen LogP contribution in [-0.4, -0.2) is 24.6 Å². The van der Waals surface area contributed by atoms with Crippen LogP contribution in [0.15, 0.2) is 18.2 Å². The Morgan fingerprint density at radius 1 is 1.32 bits per heavy atom. The number of rotatable bonds is 6. The number of amides is 1. The Morgan fingerprint density at radius 2 is 2.05 bits per heavy atom. The Labute approximate surface area is 136 Å². The normalized spacial score (nSPS) is 19.9. The average molecular weight is 323 g/mol. The zero-order valence-electron chi connectivity index (χ0n) is 12.7. The van der Waals surface area contributed by atoms with Crippen LogP contribution >= 0.6 is 11.6 Å². The third kappa shape index (κ3) is 3.93. The van der Waals surface area contributed by atoms with Gasteiger partial charge in [-0.2, -0.15) is 0 Å². The first kappa shape index (κ1) is 15.6. The van der Waals surface area contributed by atoms with Crippen molar-refractivity contribution in [2.24, 2.45) is 11.7 Å². The fourth-order valence-corrected chi connectivity index (χ4v) is 3.14. The number of nitrogens with two attached hydrogens (primary N) is 1. The third-order valence-corrected chi connectivity index (χ3v) is 4.74. The molecule has 3 N–H and O–H groups in total. The van der Waals surface area contributed by atoms with Gasteiger partial charge in [0.1, 0.15) is 5.75 Å². The number of ether oxygens (including phenoxy) is 1. The summed E-state index contributed by atoms with van der Waals surface area (Å²) >= 11 is 6.04. The molecule has 22 heavy (non-hydrogen) atoms. The van der Waals surface area contributed by atoms with Crippen LogP contribution in [0.5, 0.6) is 5.75 Å². The van der Waals surface area contributed by atoms with Crippen LogP contribution in [0, 0.1) is 5.92 Å². The number of hydrogen-bond acceptors (Lipinski definition) is 3. The summed E-state index contributed by atoms with van der Waals surface area (Å²) in [6.45, 7) is 0.499. The molecular formula is C17H23ClN2O2. The summed E-state index contributed by atoms with van der Waals surface area (Å²) in [5.41, 5.74) is 6.54. The van der Waals surface area contributed by atoms with Crippen molar-refractivity contribution in [3.63, 3.8) is 0 Å². The second-order valence-electron chi connectivity index (χ2n) is 6.38. The average Bonchev–Trinajstić information content (AvgIpc) is 3.24. The van der Waals surface area contributed by atoms with Gasteiger partial charge in [-0.3, -0.25) is 4.79 Å². The van der Waals surface area contributed by atoms with E-state index in [0.29, 0.717) is 28.8 Å². The number of carbonyl (C=O) groups is 1. The van der Waals surface area contributed by atoms with E-state index in [1.165, 1.54) is 25.7 Å². The molecule has 3 rings (SSSR count). The number of nitrogens with one attached hydrogen (secondary N) is 1. The highest BCUT2D eigenvalue weighted by atomic mass is 35.5. The lowest BCUT2D eigenvalue weighted by Gasteiger charge is -2.17. The first-order valence-corrected chi connectivity index (χ1v) is 8.51. The van der Waals surface area contributed by atoms with E-state index < -0.39 is 0 Å². The van der Waals surface area contributed by atoms with E-state index in [2.05, 4.69) is 5.32 Å². The molecule has 2 fully saturated rings. The molecule has 0 saturated heterocycles. The van der Waals surface area contributed by atoms with Gasteiger partial charge in [0.15, 0.2) is 0 Å². The van der Waals surface area contributed by atoms with Crippen molar-refractivity contribution >= 4 is 17.5 Å². The van der Waals surface area contributed by atoms with Crippen LogP contribution in [0.25, 0.3) is 0 Å². The van der Waals surface area contributed by atoms with Crippen molar-refractivity contribution in [1.29, 1.82) is 0 Å². The molecule has 5 heteroatoms. The molecule has 4 nitrogen and oxygen atoms in total. The molecule has 0 spiro atoms. The van der Waals surface area contributed by atoms with Gasteiger partial charge < -0.3 is 15.8 Å². The van der Waals surface area contributed by atoms with E-state index in [1.807, 2.05) is 0 Å². The van der Waals surface area contributed by atoms with Gasteiger partial charge in [-0.1, -0.05) is 11.6 Å². The Morgan fingerprint density at radius 3 is 2.73 bits per heavy atom. The summed E-state index contributed by atoms with van der Waals surface area (Å²) in [4.78, 5) is 12.4. The molecule has 1 unspecified atom stereocenters. The fourth-order valence-electron chi connectivity index (χ4n) is 2.96. The molecule has 2 aliphatic carbocycles. The summed E-state index contributed by atoms with van der Waals surface area (Å²) in [7, 11) is 0. The number of hydrogen-bond donors (Lipinski definition) is 2. The van der Waals surface area contributed by atoms with Crippen molar-refractivity contribution in [3.8, 4) is 5.75 Å². The van der Waals surface area contributed by atoms with Crippen LogP contribution in [-0.2, 0) is 0 Å². The van der Waals surface area contributed by atoms with Crippen LogP contribution in [0.3, 0.4) is 0 Å². The van der Waals surface area contributed by atoms with Crippen molar-refractivity contribution in [2.75, 3.05) is 6.54 Å². The van der Waals surface area contributed by atoms with Gasteiger partial charge in [-0.15, -0.1) is 0 Å². The molecular weight excluding hydrogens is 300 g/mol. The molecule has 0 aliphatic heterocycles. The van der Waals surface area contributed by atoms with Crippen LogP contribution < -0.4 is 15.8 Å². The fraction of sp³-hybridized carbons (Fsp3) is 0.588. The summed E-state index contributed by atoms with van der Waals surface area (Å²) < 4.78 is 6.00. The van der Waals surface area contributed by atoms with Crippen molar-refractivity contribution < 1.29 is 9.53 Å². The van der Waals surface area contributed by atoms with E-state index >= 15 is 0 Å². The minimum absolute atomic E-state index is 0.0438. The van der Waals surface area contributed by atoms with Crippen molar-refractivity contribution in [3.05, 3.63) is 28.8 Å². The summed E-state index contributed by atoms with van der Waals surface area (Å²) in [5.74, 6) is 1.02. The van der Waals surface area contributed by atoms with E-state index in [-0.39, 0.29) is 18.1 Å². The monoisotopic (exact) mass is 322 g/mol. The number of carbonyl (C=O) groups excluding carboxylic acids is 1. The van der Waals surface area contributed by atoms with Gasteiger partial charge in [0.05, 0.1) is 11.7 Å². The van der Waals surface area contributed by atoms with Gasteiger partial charge in [-0.05, 0) is 62.6 Å². The molecule has 1 aromatic carbocycles. The molecule has 2 saturated carbocycles. The van der Waals surface area contributed by atoms with Crippen molar-refractivity contribution in [1.82, 2.24) is 5.32 Å². The summed E-state index contributed by atoms with van der Waals surface area (Å²) in [6, 6.07) is 5.26. The zero-order chi connectivity index (χ0) is 15.5. The topological polar surface area (TPSA) is 64.3 Å². The largest absolute Gasteiger partial charge is 0.490 e. The highest BCUT2D eigenvalue weighted by molar-refractivity contribution is 6.31. The van der Waals surface area contributed by atoms with Crippen LogP contribution in [0.4, 0.5) is 0 Å². The van der Waals surface area contributed by atoms with Gasteiger partial charge in [-0.25, -0.2) is 0 Å². The molecule has 1 amide bonds. The maximum absolute atomic E-state index is 12.4. The molecule has 1 atom stereocenters. The molecule has 0 radical (unpaired) electrons. The van der Waals surface area contributed by atoms with Crippen molar-refractivity contribution in [2.45, 2.75) is 50.7 Å². The lowest BCUT2D eigenvalue weighted by atomic mass is 10.1. The Bertz CT molecular complexity index is 539. The molecule has 0 bridgehead atoms. The summed E-state index contributed by atoms with van der Waals surface area (Å²) in [6.07, 6.45) is 7.04. The number of benzene rings is 1. The van der Waals surface area contributed by atoms with Gasteiger partial charge >= 0.3 is 0 Å². The predicted molar refractivity (Wildman–Crippen MR) is 87.4 cm³/mol. The standard InChI is InChI=1S/C17H23ClN2O2/c18-12-7-8-16(22-13-3-1-2-4-13)14(9-12)17(21)20-10-15(19)11-5-6-11/h7-9,11,13,15H,1-6,10,19H2,(H,20,21). The second kappa shape index (κ2) is 6.88. The zero-order valence-corrected chi connectivity index (χ0v) is 13.4. The molecule has 1 aromatic rings. The van der Waals surface area contributed by atoms with Crippen LogP contribution in [0.1, 0.15) is 48.9 Å². The SMILES string of the molecule is NC(CNC(=O)c1cc(Cl)ccc1OC1CCCC1)C1CC1. The van der Waals surface area contributed by atoms with Gasteiger partial charge in [0.2, 0.25) is 0 Å². The Hall–Kier alpha value is -1.26. The quantitative estimate of drug-likeness (QED) is 0.845. The second-order valence-corrected chi connectivity index (χ2v) is 6.81. The highest BCUT2D eigenvalue weighted by Gasteiger charge is 2.29. The Balaban J connectivity index is 1.66. The predicted octanol–water partition coefficient (Wildman–Crippen LogP) is 3.13. The molecule has 0 aromatic heterocycles. The van der Waals surface area contributed by atoms with E-state index in [1.54, 1.807) is 18.2 Å². The summed E-state index contributed by atoms with van der Waals surface area (Å²) in [5, 5.41) is 3.45. The molecule has 120 valence electrons. The minimum Gasteiger partial charge on any atom is -0.490 e. The van der Waals surface area contributed by atoms with E-state index in [4.69, 9.17) is 22.1 Å². The maximum atomic E-state index is 12.4. The molecule has 2 aliphatic rings.